The maximum atomic E-state index is 5.37. The van der Waals surface area contributed by atoms with Gasteiger partial charge in [0.1, 0.15) is 0 Å². The van der Waals surface area contributed by atoms with Gasteiger partial charge in [-0.05, 0) is 19.9 Å². The molecule has 1 aliphatic heterocycles. The number of nitrogens with zero attached hydrogens (tertiary/aromatic N) is 1. The predicted molar refractivity (Wildman–Crippen MR) is 61.2 cm³/mol. The zero-order valence-corrected chi connectivity index (χ0v) is 10.2. The zero-order valence-electron chi connectivity index (χ0n) is 10.2. The van der Waals surface area contributed by atoms with Crippen LogP contribution in [0.15, 0.2) is 0 Å². The van der Waals surface area contributed by atoms with Crippen LogP contribution in [0.25, 0.3) is 0 Å². The van der Waals surface area contributed by atoms with E-state index in [-0.39, 0.29) is 0 Å². The lowest BCUT2D eigenvalue weighted by Gasteiger charge is -2.36. The average molecular weight is 216 g/mol. The van der Waals surface area contributed by atoms with Crippen LogP contribution in [0.2, 0.25) is 0 Å². The minimum atomic E-state index is 0.457. The normalized spacial score (nSPS) is 21.8. The molecule has 1 fully saturated rings. The van der Waals surface area contributed by atoms with Crippen LogP contribution in [0, 0.1) is 0 Å². The molecule has 0 aromatic rings. The molecule has 1 N–H and O–H groups in total. The van der Waals surface area contributed by atoms with Crippen molar-refractivity contribution in [1.29, 1.82) is 0 Å². The van der Waals surface area contributed by atoms with Crippen LogP contribution in [0.5, 0.6) is 0 Å². The summed E-state index contributed by atoms with van der Waals surface area (Å²) in [6.07, 6.45) is 2.74. The molecule has 90 valence electrons. The number of ether oxygens (including phenoxy) is 2. The predicted octanol–water partition coefficient (Wildman–Crippen LogP) is 0.332. The van der Waals surface area contributed by atoms with Gasteiger partial charge in [0.25, 0.3) is 0 Å². The van der Waals surface area contributed by atoms with Crippen LogP contribution in [0.4, 0.5) is 0 Å². The SMILES string of the molecule is CNCC(COC)N1CCC(OC)CC1. The molecule has 0 radical (unpaired) electrons. The number of hydrogen-bond acceptors (Lipinski definition) is 4. The first-order chi connectivity index (χ1) is 7.31. The van der Waals surface area contributed by atoms with E-state index in [2.05, 4.69) is 10.2 Å². The number of rotatable bonds is 6. The van der Waals surface area contributed by atoms with Crippen molar-refractivity contribution >= 4 is 0 Å². The molecule has 4 nitrogen and oxygen atoms in total. The molecule has 15 heavy (non-hydrogen) atoms. The van der Waals surface area contributed by atoms with Crippen LogP contribution < -0.4 is 5.32 Å². The Labute approximate surface area is 92.9 Å². The number of methoxy groups -OCH3 is 2. The minimum Gasteiger partial charge on any atom is -0.383 e. The Balaban J connectivity index is 2.34. The Bertz CT molecular complexity index is 153. The monoisotopic (exact) mass is 216 g/mol. The fourth-order valence-electron chi connectivity index (χ4n) is 2.20. The molecular formula is C11H24N2O2. The van der Waals surface area contributed by atoms with Gasteiger partial charge in [0.2, 0.25) is 0 Å². The van der Waals surface area contributed by atoms with E-state index in [1.165, 1.54) is 0 Å². The van der Waals surface area contributed by atoms with Gasteiger partial charge < -0.3 is 14.8 Å². The third-order valence-electron chi connectivity index (χ3n) is 3.13. The quantitative estimate of drug-likeness (QED) is 0.694. The van der Waals surface area contributed by atoms with Gasteiger partial charge in [-0.25, -0.2) is 0 Å². The summed E-state index contributed by atoms with van der Waals surface area (Å²) in [7, 11) is 5.57. The zero-order chi connectivity index (χ0) is 11.1. The molecule has 1 rings (SSSR count). The fourth-order valence-corrected chi connectivity index (χ4v) is 2.20. The van der Waals surface area contributed by atoms with Gasteiger partial charge in [-0.1, -0.05) is 0 Å². The van der Waals surface area contributed by atoms with Gasteiger partial charge in [-0.2, -0.15) is 0 Å². The molecule has 0 aliphatic carbocycles. The number of likely N-dealkylation sites (N-methyl/N-ethyl adjacent to an activating group) is 1. The summed E-state index contributed by atoms with van der Waals surface area (Å²) < 4.78 is 10.6. The summed E-state index contributed by atoms with van der Waals surface area (Å²) >= 11 is 0. The van der Waals surface area contributed by atoms with Crippen LogP contribution in [0.3, 0.4) is 0 Å². The van der Waals surface area contributed by atoms with E-state index >= 15 is 0 Å². The summed E-state index contributed by atoms with van der Waals surface area (Å²) in [5, 5.41) is 3.22. The van der Waals surface area contributed by atoms with E-state index in [1.54, 1.807) is 14.2 Å². The molecule has 1 atom stereocenters. The van der Waals surface area contributed by atoms with Gasteiger partial charge in [-0.3, -0.25) is 4.90 Å². The fraction of sp³-hybridized carbons (Fsp3) is 1.00. The summed E-state index contributed by atoms with van der Waals surface area (Å²) in [5.74, 6) is 0. The lowest BCUT2D eigenvalue weighted by Crippen LogP contribution is -2.49. The van der Waals surface area contributed by atoms with Crippen molar-refractivity contribution in [2.24, 2.45) is 0 Å². The molecule has 1 unspecified atom stereocenters. The highest BCUT2D eigenvalue weighted by molar-refractivity contribution is 4.79. The van der Waals surface area contributed by atoms with Crippen molar-refractivity contribution in [1.82, 2.24) is 10.2 Å². The van der Waals surface area contributed by atoms with E-state index in [4.69, 9.17) is 9.47 Å². The first kappa shape index (κ1) is 12.9. The smallest absolute Gasteiger partial charge is 0.0630 e. The first-order valence-corrected chi connectivity index (χ1v) is 5.72. The largest absolute Gasteiger partial charge is 0.383 e. The lowest BCUT2D eigenvalue weighted by molar-refractivity contribution is 0.0112. The van der Waals surface area contributed by atoms with Gasteiger partial charge in [0.15, 0.2) is 0 Å². The lowest BCUT2D eigenvalue weighted by atomic mass is 10.1. The van der Waals surface area contributed by atoms with Crippen molar-refractivity contribution in [2.45, 2.75) is 25.0 Å². The van der Waals surface area contributed by atoms with E-state index in [0.29, 0.717) is 12.1 Å². The topological polar surface area (TPSA) is 33.7 Å². The molecular weight excluding hydrogens is 192 g/mol. The Hall–Kier alpha value is -0.160. The minimum absolute atomic E-state index is 0.457. The second kappa shape index (κ2) is 7.17. The standard InChI is InChI=1S/C11H24N2O2/c1-12-8-10(9-14-2)13-6-4-11(15-3)5-7-13/h10-12H,4-9H2,1-3H3. The van der Waals surface area contributed by atoms with Gasteiger partial charge in [-0.15, -0.1) is 0 Å². The maximum Gasteiger partial charge on any atom is 0.0630 e. The highest BCUT2D eigenvalue weighted by atomic mass is 16.5. The number of piperidine rings is 1. The van der Waals surface area contributed by atoms with Crippen LogP contribution >= 0.6 is 0 Å². The summed E-state index contributed by atoms with van der Waals surface area (Å²) in [6, 6.07) is 0.498. The van der Waals surface area contributed by atoms with Crippen LogP contribution in [-0.2, 0) is 9.47 Å². The van der Waals surface area contributed by atoms with Crippen molar-refractivity contribution in [3.05, 3.63) is 0 Å². The Morgan fingerprint density at radius 1 is 1.33 bits per heavy atom. The molecule has 4 heteroatoms. The number of likely N-dealkylation sites (tertiary alicyclic amines) is 1. The second-order valence-corrected chi connectivity index (χ2v) is 4.14. The number of nitrogens with one attached hydrogen (secondary N) is 1. The molecule has 0 aromatic heterocycles. The Morgan fingerprint density at radius 2 is 2.00 bits per heavy atom. The van der Waals surface area contributed by atoms with E-state index in [0.717, 1.165) is 39.1 Å². The van der Waals surface area contributed by atoms with Crippen molar-refractivity contribution in [3.8, 4) is 0 Å². The molecule has 0 saturated carbocycles. The first-order valence-electron chi connectivity index (χ1n) is 5.72. The van der Waals surface area contributed by atoms with Crippen LogP contribution in [-0.4, -0.2) is 64.6 Å². The second-order valence-electron chi connectivity index (χ2n) is 4.14. The highest BCUT2D eigenvalue weighted by Gasteiger charge is 2.24. The third kappa shape index (κ3) is 4.07. The molecule has 0 aromatic carbocycles. The summed E-state index contributed by atoms with van der Waals surface area (Å²) in [5.41, 5.74) is 0. The molecule has 0 spiro atoms. The van der Waals surface area contributed by atoms with Crippen molar-refractivity contribution < 1.29 is 9.47 Å². The summed E-state index contributed by atoms with van der Waals surface area (Å²) in [4.78, 5) is 2.50. The Morgan fingerprint density at radius 3 is 2.47 bits per heavy atom. The molecule has 0 bridgehead atoms. The summed E-state index contributed by atoms with van der Waals surface area (Å²) in [6.45, 7) is 4.03. The van der Waals surface area contributed by atoms with Gasteiger partial charge >= 0.3 is 0 Å². The van der Waals surface area contributed by atoms with Gasteiger partial charge in [0, 0.05) is 39.9 Å². The van der Waals surface area contributed by atoms with E-state index in [9.17, 15) is 0 Å². The van der Waals surface area contributed by atoms with E-state index < -0.39 is 0 Å². The molecule has 0 amide bonds. The number of hydrogen-bond donors (Lipinski definition) is 1. The van der Waals surface area contributed by atoms with Crippen molar-refractivity contribution in [2.75, 3.05) is 47.5 Å². The van der Waals surface area contributed by atoms with Crippen molar-refractivity contribution in [3.63, 3.8) is 0 Å². The molecule has 1 saturated heterocycles. The average Bonchev–Trinajstić information content (AvgIpc) is 2.29. The maximum absolute atomic E-state index is 5.37. The van der Waals surface area contributed by atoms with Crippen LogP contribution in [0.1, 0.15) is 12.8 Å². The van der Waals surface area contributed by atoms with Gasteiger partial charge in [0.05, 0.1) is 12.7 Å². The third-order valence-corrected chi connectivity index (χ3v) is 3.13. The highest BCUT2D eigenvalue weighted by Crippen LogP contribution is 2.15. The molecule has 1 heterocycles. The Kier molecular flexibility index (Phi) is 6.17. The molecule has 1 aliphatic rings. The van der Waals surface area contributed by atoms with E-state index in [1.807, 2.05) is 7.05 Å².